The van der Waals surface area contributed by atoms with E-state index in [2.05, 4.69) is 15.4 Å². The number of carbonyl (C=O) groups excluding carboxylic acids is 1. The molecule has 0 radical (unpaired) electrons. The van der Waals surface area contributed by atoms with Crippen molar-refractivity contribution in [2.24, 2.45) is 5.92 Å². The summed E-state index contributed by atoms with van der Waals surface area (Å²) in [6.45, 7) is 4.06. The molecule has 1 aliphatic carbocycles. The lowest BCUT2D eigenvalue weighted by Crippen LogP contribution is -2.29. The topological polar surface area (TPSA) is 88.5 Å². The summed E-state index contributed by atoms with van der Waals surface area (Å²) in [6, 6.07) is 15.2. The number of aryl methyl sites for hydroxylation is 2. The van der Waals surface area contributed by atoms with E-state index in [-0.39, 0.29) is 17.5 Å². The summed E-state index contributed by atoms with van der Waals surface area (Å²) in [4.78, 5) is 28.7. The van der Waals surface area contributed by atoms with Crippen LogP contribution in [0.3, 0.4) is 0 Å². The number of hydrogen-bond acceptors (Lipinski definition) is 4. The fourth-order valence-corrected chi connectivity index (χ4v) is 4.09. The number of aromatic nitrogens is 3. The maximum Gasteiger partial charge on any atom is 0.275 e. The third kappa shape index (κ3) is 4.14. The molecule has 2 aromatic heterocycles. The number of amides is 1. The monoisotopic (exact) mass is 442 g/mol. The predicted octanol–water partition coefficient (Wildman–Crippen LogP) is 4.20. The van der Waals surface area contributed by atoms with E-state index >= 15 is 0 Å². The van der Waals surface area contributed by atoms with E-state index in [1.807, 2.05) is 56.3 Å². The number of fused-ring (bicyclic) bond motifs is 1. The number of aromatic amines is 1. The number of ether oxygens (including phenoxy) is 1. The van der Waals surface area contributed by atoms with Crippen molar-refractivity contribution in [1.29, 1.82) is 0 Å². The molecule has 1 atom stereocenters. The highest BCUT2D eigenvalue weighted by molar-refractivity contribution is 5.95. The van der Waals surface area contributed by atoms with Crippen LogP contribution in [0.15, 0.2) is 59.5 Å². The fourth-order valence-electron chi connectivity index (χ4n) is 4.09. The van der Waals surface area contributed by atoms with Crippen LogP contribution in [0.5, 0.6) is 5.75 Å². The highest BCUT2D eigenvalue weighted by Crippen LogP contribution is 2.41. The third-order valence-corrected chi connectivity index (χ3v) is 6.37. The molecule has 0 aliphatic heterocycles. The number of benzene rings is 2. The van der Waals surface area contributed by atoms with Crippen molar-refractivity contribution >= 4 is 11.4 Å². The van der Waals surface area contributed by atoms with Gasteiger partial charge in [0.25, 0.3) is 11.5 Å². The molecule has 168 valence electrons. The van der Waals surface area contributed by atoms with Crippen LogP contribution in [0.2, 0.25) is 0 Å². The minimum absolute atomic E-state index is 0.0799. The van der Waals surface area contributed by atoms with Gasteiger partial charge >= 0.3 is 0 Å². The van der Waals surface area contributed by atoms with Gasteiger partial charge in [-0.25, -0.2) is 4.52 Å². The smallest absolute Gasteiger partial charge is 0.275 e. The molecule has 5 rings (SSSR count). The number of H-pyrrole nitrogens is 1. The first-order chi connectivity index (χ1) is 15.9. The van der Waals surface area contributed by atoms with Gasteiger partial charge in [0.15, 0.2) is 5.82 Å². The van der Waals surface area contributed by atoms with Crippen LogP contribution < -0.4 is 15.6 Å². The number of hydrogen-bond donors (Lipinski definition) is 2. The maximum atomic E-state index is 13.1. The molecule has 1 aliphatic rings. The first-order valence-electron chi connectivity index (χ1n) is 11.1. The summed E-state index contributed by atoms with van der Waals surface area (Å²) in [5.74, 6) is 1.44. The second-order valence-corrected chi connectivity index (χ2v) is 8.72. The van der Waals surface area contributed by atoms with Gasteiger partial charge in [0.05, 0.1) is 18.7 Å². The van der Waals surface area contributed by atoms with Crippen LogP contribution in [0, 0.1) is 19.8 Å². The molecule has 2 heterocycles. The first kappa shape index (κ1) is 21.0. The van der Waals surface area contributed by atoms with Gasteiger partial charge in [0.1, 0.15) is 11.3 Å². The van der Waals surface area contributed by atoms with Gasteiger partial charge in [0, 0.05) is 11.8 Å². The van der Waals surface area contributed by atoms with Crippen molar-refractivity contribution in [3.05, 3.63) is 87.3 Å². The molecule has 1 saturated carbocycles. The molecule has 1 fully saturated rings. The van der Waals surface area contributed by atoms with Gasteiger partial charge in [-0.1, -0.05) is 24.3 Å². The van der Waals surface area contributed by atoms with Crippen molar-refractivity contribution < 1.29 is 9.53 Å². The normalized spacial score (nSPS) is 14.3. The van der Waals surface area contributed by atoms with Gasteiger partial charge in [-0.15, -0.1) is 5.10 Å². The van der Waals surface area contributed by atoms with Crippen molar-refractivity contribution in [2.45, 2.75) is 32.7 Å². The van der Waals surface area contributed by atoms with E-state index in [0.29, 0.717) is 22.8 Å². The molecule has 0 saturated heterocycles. The standard InChI is InChI=1S/C26H26N4O3/c1-15-4-5-19(12-16(15)2)24-28-26(32)22-13-20(14-30(22)29-24)25(31)27-23(17-6-7-17)18-8-10-21(33-3)11-9-18/h4-5,8-14,17,23H,6-7H2,1-3H3,(H,27,31)(H,28,29,32). The lowest BCUT2D eigenvalue weighted by atomic mass is 10.0. The molecule has 2 aromatic carbocycles. The molecule has 2 N–H and O–H groups in total. The minimum Gasteiger partial charge on any atom is -0.497 e. The largest absolute Gasteiger partial charge is 0.497 e. The van der Waals surface area contributed by atoms with E-state index in [9.17, 15) is 9.59 Å². The summed E-state index contributed by atoms with van der Waals surface area (Å²) < 4.78 is 6.73. The average molecular weight is 443 g/mol. The molecule has 0 bridgehead atoms. The minimum atomic E-state index is -0.286. The zero-order chi connectivity index (χ0) is 23.1. The van der Waals surface area contributed by atoms with E-state index in [4.69, 9.17) is 4.74 Å². The second kappa shape index (κ2) is 8.24. The lowest BCUT2D eigenvalue weighted by molar-refractivity contribution is 0.0931. The predicted molar refractivity (Wildman–Crippen MR) is 127 cm³/mol. The van der Waals surface area contributed by atoms with Crippen LogP contribution in [0.4, 0.5) is 0 Å². The van der Waals surface area contributed by atoms with Crippen molar-refractivity contribution in [2.75, 3.05) is 7.11 Å². The third-order valence-electron chi connectivity index (χ3n) is 6.37. The summed E-state index contributed by atoms with van der Waals surface area (Å²) >= 11 is 0. The Labute approximate surface area is 191 Å². The molecule has 7 nitrogen and oxygen atoms in total. The Morgan fingerprint density at radius 3 is 2.55 bits per heavy atom. The number of nitrogens with one attached hydrogen (secondary N) is 2. The van der Waals surface area contributed by atoms with Crippen molar-refractivity contribution in [1.82, 2.24) is 19.9 Å². The highest BCUT2D eigenvalue weighted by atomic mass is 16.5. The number of rotatable bonds is 6. The molecular formula is C26H26N4O3. The quantitative estimate of drug-likeness (QED) is 0.469. The maximum absolute atomic E-state index is 13.1. The van der Waals surface area contributed by atoms with Gasteiger partial charge in [-0.2, -0.15) is 0 Å². The number of nitrogens with zero attached hydrogens (tertiary/aromatic N) is 2. The number of carbonyl (C=O) groups is 1. The Morgan fingerprint density at radius 2 is 1.88 bits per heavy atom. The summed E-state index contributed by atoms with van der Waals surface area (Å²) in [7, 11) is 1.63. The second-order valence-electron chi connectivity index (χ2n) is 8.72. The van der Waals surface area contributed by atoms with Crippen molar-refractivity contribution in [3.63, 3.8) is 0 Å². The molecule has 1 amide bonds. The summed E-state index contributed by atoms with van der Waals surface area (Å²) in [5.41, 5.74) is 4.61. The van der Waals surface area contributed by atoms with Gasteiger partial charge in [-0.05, 0) is 73.6 Å². The molecule has 7 heteroatoms. The van der Waals surface area contributed by atoms with Crippen LogP contribution in [-0.2, 0) is 0 Å². The average Bonchev–Trinajstić information content (AvgIpc) is 3.56. The Hall–Kier alpha value is -3.87. The van der Waals surface area contributed by atoms with Gasteiger partial charge in [0.2, 0.25) is 0 Å². The molecular weight excluding hydrogens is 416 g/mol. The SMILES string of the molecule is COc1ccc(C(NC(=O)c2cc3c(=O)[nH]c(-c4ccc(C)c(C)c4)nn3c2)C2CC2)cc1. The summed E-state index contributed by atoms with van der Waals surface area (Å²) in [6.07, 6.45) is 3.77. The van der Waals surface area contributed by atoms with E-state index in [1.54, 1.807) is 19.4 Å². The Morgan fingerprint density at radius 1 is 1.12 bits per heavy atom. The highest BCUT2D eigenvalue weighted by Gasteiger charge is 2.33. The van der Waals surface area contributed by atoms with Crippen LogP contribution in [0.25, 0.3) is 16.9 Å². The first-order valence-corrected chi connectivity index (χ1v) is 11.1. The van der Waals surface area contributed by atoms with E-state index in [1.165, 1.54) is 10.1 Å². The Bertz CT molecular complexity index is 1400. The van der Waals surface area contributed by atoms with E-state index in [0.717, 1.165) is 35.3 Å². The lowest BCUT2D eigenvalue weighted by Gasteiger charge is -2.18. The Kier molecular flexibility index (Phi) is 5.24. The Balaban J connectivity index is 1.44. The van der Waals surface area contributed by atoms with Crippen LogP contribution in [0.1, 0.15) is 45.9 Å². The molecule has 0 spiro atoms. The molecule has 4 aromatic rings. The van der Waals surface area contributed by atoms with E-state index < -0.39 is 0 Å². The van der Waals surface area contributed by atoms with Crippen LogP contribution >= 0.6 is 0 Å². The van der Waals surface area contributed by atoms with Gasteiger partial charge < -0.3 is 15.0 Å². The molecule has 33 heavy (non-hydrogen) atoms. The zero-order valence-electron chi connectivity index (χ0n) is 18.9. The van der Waals surface area contributed by atoms with Crippen LogP contribution in [-0.4, -0.2) is 27.6 Å². The number of methoxy groups -OCH3 is 1. The fraction of sp³-hybridized carbons (Fsp3) is 0.269. The molecule has 1 unspecified atom stereocenters. The summed E-state index contributed by atoms with van der Waals surface area (Å²) in [5, 5.41) is 7.71. The van der Waals surface area contributed by atoms with Crippen molar-refractivity contribution in [3.8, 4) is 17.1 Å². The zero-order valence-corrected chi connectivity index (χ0v) is 18.9. The van der Waals surface area contributed by atoms with Gasteiger partial charge in [-0.3, -0.25) is 9.59 Å².